The molecule has 0 radical (unpaired) electrons. The van der Waals surface area contributed by atoms with E-state index >= 15 is 0 Å². The minimum absolute atomic E-state index is 0.264. The smallest absolute Gasteiger partial charge is 0.225 e. The maximum atomic E-state index is 13.2. The largest absolute Gasteiger partial charge is 0.343 e. The zero-order chi connectivity index (χ0) is 19.4. The monoisotopic (exact) mass is 390 g/mol. The summed E-state index contributed by atoms with van der Waals surface area (Å²) in [6.07, 6.45) is 4.03. The van der Waals surface area contributed by atoms with Gasteiger partial charge in [-0.2, -0.15) is 0 Å². The van der Waals surface area contributed by atoms with Crippen LogP contribution in [0, 0.1) is 11.6 Å². The van der Waals surface area contributed by atoms with Crippen LogP contribution in [0.5, 0.6) is 0 Å². The summed E-state index contributed by atoms with van der Waals surface area (Å²) < 4.78 is 38.1. The minimum Gasteiger partial charge on any atom is -0.343 e. The first kappa shape index (κ1) is 19.2. The first-order valence-corrected chi connectivity index (χ1v) is 9.63. The second kappa shape index (κ2) is 8.46. The van der Waals surface area contributed by atoms with E-state index in [1.165, 1.54) is 24.5 Å². The third kappa shape index (κ3) is 4.29. The molecule has 0 amide bonds. The molecule has 2 fully saturated rings. The summed E-state index contributed by atoms with van der Waals surface area (Å²) in [7, 11) is 0. The lowest BCUT2D eigenvalue weighted by molar-refractivity contribution is -0.172. The second-order valence-corrected chi connectivity index (χ2v) is 7.09. The van der Waals surface area contributed by atoms with Gasteiger partial charge in [-0.3, -0.25) is 4.90 Å². The molecule has 150 valence electrons. The number of piperazine rings is 1. The van der Waals surface area contributed by atoms with E-state index in [1.807, 2.05) is 0 Å². The molecule has 28 heavy (non-hydrogen) atoms. The molecule has 0 unspecified atom stereocenters. The maximum absolute atomic E-state index is 13.2. The Kier molecular flexibility index (Phi) is 5.79. The van der Waals surface area contributed by atoms with Gasteiger partial charge < -0.3 is 14.4 Å². The first-order valence-electron chi connectivity index (χ1n) is 9.63. The second-order valence-electron chi connectivity index (χ2n) is 7.09. The molecule has 4 rings (SSSR count). The third-order valence-corrected chi connectivity index (χ3v) is 5.28. The van der Waals surface area contributed by atoms with E-state index in [9.17, 15) is 8.78 Å². The Morgan fingerprint density at radius 2 is 1.54 bits per heavy atom. The molecular weight excluding hydrogens is 366 g/mol. The van der Waals surface area contributed by atoms with Crippen LogP contribution < -0.4 is 4.90 Å². The van der Waals surface area contributed by atoms with Crippen molar-refractivity contribution >= 4 is 5.95 Å². The van der Waals surface area contributed by atoms with E-state index in [0.717, 1.165) is 51.1 Å². The molecule has 2 saturated heterocycles. The fourth-order valence-corrected chi connectivity index (χ4v) is 3.79. The Labute approximate surface area is 163 Å². The molecule has 2 aliphatic heterocycles. The van der Waals surface area contributed by atoms with Crippen molar-refractivity contribution in [3.63, 3.8) is 0 Å². The van der Waals surface area contributed by atoms with Crippen molar-refractivity contribution in [3.05, 3.63) is 53.9 Å². The molecule has 0 saturated carbocycles. The van der Waals surface area contributed by atoms with E-state index in [2.05, 4.69) is 19.8 Å². The zero-order valence-electron chi connectivity index (χ0n) is 15.7. The molecular formula is C20H24F2N4O2. The van der Waals surface area contributed by atoms with Crippen LogP contribution in [0.4, 0.5) is 14.7 Å². The van der Waals surface area contributed by atoms with E-state index in [4.69, 9.17) is 9.47 Å². The van der Waals surface area contributed by atoms with E-state index in [0.29, 0.717) is 19.2 Å². The Hall–Kier alpha value is -2.16. The first-order chi connectivity index (χ1) is 13.6. The lowest BCUT2D eigenvalue weighted by Gasteiger charge is -2.35. The summed E-state index contributed by atoms with van der Waals surface area (Å²) in [5.74, 6) is -0.880. The van der Waals surface area contributed by atoms with Gasteiger partial charge in [0.25, 0.3) is 0 Å². The number of hydrogen-bond acceptors (Lipinski definition) is 6. The van der Waals surface area contributed by atoms with Crippen LogP contribution in [-0.2, 0) is 15.3 Å². The van der Waals surface area contributed by atoms with Crippen molar-refractivity contribution in [2.75, 3.05) is 50.8 Å². The average molecular weight is 390 g/mol. The Morgan fingerprint density at radius 1 is 0.893 bits per heavy atom. The highest BCUT2D eigenvalue weighted by Crippen LogP contribution is 2.36. The number of rotatable bonds is 6. The SMILES string of the molecule is Fc1ccc(C2(CCCN3CCN(c4ncc(F)cn4)CC3)OCCO2)cc1. The molecule has 0 N–H and O–H groups in total. The molecule has 2 aromatic rings. The van der Waals surface area contributed by atoms with Crippen LogP contribution >= 0.6 is 0 Å². The summed E-state index contributed by atoms with van der Waals surface area (Å²) in [5, 5.41) is 0. The van der Waals surface area contributed by atoms with Gasteiger partial charge in [0, 0.05) is 38.2 Å². The molecule has 2 aliphatic rings. The zero-order valence-corrected chi connectivity index (χ0v) is 15.7. The topological polar surface area (TPSA) is 50.7 Å². The predicted molar refractivity (Wildman–Crippen MR) is 99.9 cm³/mol. The Balaban J connectivity index is 1.28. The lowest BCUT2D eigenvalue weighted by Crippen LogP contribution is -2.47. The van der Waals surface area contributed by atoms with Gasteiger partial charge in [-0.1, -0.05) is 12.1 Å². The van der Waals surface area contributed by atoms with Crippen LogP contribution in [0.15, 0.2) is 36.7 Å². The van der Waals surface area contributed by atoms with Crippen molar-refractivity contribution in [1.29, 1.82) is 0 Å². The molecule has 0 bridgehead atoms. The number of nitrogens with zero attached hydrogens (tertiary/aromatic N) is 4. The van der Waals surface area contributed by atoms with Gasteiger partial charge in [-0.15, -0.1) is 0 Å². The molecule has 0 aliphatic carbocycles. The quantitative estimate of drug-likeness (QED) is 0.756. The highest BCUT2D eigenvalue weighted by Gasteiger charge is 2.38. The maximum Gasteiger partial charge on any atom is 0.225 e. The van der Waals surface area contributed by atoms with Crippen LogP contribution in [-0.4, -0.2) is 60.8 Å². The summed E-state index contributed by atoms with van der Waals surface area (Å²) in [6, 6.07) is 6.36. The van der Waals surface area contributed by atoms with Crippen LogP contribution in [0.3, 0.4) is 0 Å². The highest BCUT2D eigenvalue weighted by atomic mass is 19.1. The molecule has 0 spiro atoms. The molecule has 1 aromatic heterocycles. The normalized spacial score (nSPS) is 19.9. The van der Waals surface area contributed by atoms with Crippen LogP contribution in [0.2, 0.25) is 0 Å². The number of halogens is 2. The van der Waals surface area contributed by atoms with Crippen molar-refractivity contribution in [3.8, 4) is 0 Å². The third-order valence-electron chi connectivity index (χ3n) is 5.28. The number of anilines is 1. The number of aromatic nitrogens is 2. The van der Waals surface area contributed by atoms with Gasteiger partial charge in [-0.05, 0) is 25.1 Å². The minimum atomic E-state index is -0.766. The standard InChI is InChI=1S/C20H24F2N4O2/c21-17-4-2-16(3-5-17)20(27-12-13-28-20)6-1-7-25-8-10-26(11-9-25)19-23-14-18(22)15-24-19/h2-5,14-15H,1,6-13H2. The van der Waals surface area contributed by atoms with E-state index in [1.54, 1.807) is 12.1 Å². The summed E-state index contributed by atoms with van der Waals surface area (Å²) in [5.41, 5.74) is 0.865. The number of ether oxygens (including phenoxy) is 2. The van der Waals surface area contributed by atoms with Gasteiger partial charge in [0.2, 0.25) is 5.95 Å². The highest BCUT2D eigenvalue weighted by molar-refractivity contribution is 5.29. The fourth-order valence-electron chi connectivity index (χ4n) is 3.79. The molecule has 8 heteroatoms. The summed E-state index contributed by atoms with van der Waals surface area (Å²) in [4.78, 5) is 12.6. The Morgan fingerprint density at radius 3 is 2.18 bits per heavy atom. The van der Waals surface area contributed by atoms with Crippen LogP contribution in [0.1, 0.15) is 18.4 Å². The van der Waals surface area contributed by atoms with Gasteiger partial charge in [0.05, 0.1) is 25.6 Å². The number of benzene rings is 1. The van der Waals surface area contributed by atoms with Crippen molar-refractivity contribution < 1.29 is 18.3 Å². The van der Waals surface area contributed by atoms with Gasteiger partial charge in [0.15, 0.2) is 11.6 Å². The van der Waals surface area contributed by atoms with Crippen molar-refractivity contribution in [2.45, 2.75) is 18.6 Å². The van der Waals surface area contributed by atoms with Crippen molar-refractivity contribution in [2.24, 2.45) is 0 Å². The van der Waals surface area contributed by atoms with Gasteiger partial charge >= 0.3 is 0 Å². The molecule has 6 nitrogen and oxygen atoms in total. The van der Waals surface area contributed by atoms with Gasteiger partial charge in [-0.25, -0.2) is 18.7 Å². The predicted octanol–water partition coefficient (Wildman–Crippen LogP) is 2.56. The average Bonchev–Trinajstić information content (AvgIpc) is 3.20. The van der Waals surface area contributed by atoms with E-state index in [-0.39, 0.29) is 5.82 Å². The summed E-state index contributed by atoms with van der Waals surface area (Å²) >= 11 is 0. The van der Waals surface area contributed by atoms with Crippen molar-refractivity contribution in [1.82, 2.24) is 14.9 Å². The molecule has 3 heterocycles. The van der Waals surface area contributed by atoms with E-state index < -0.39 is 11.6 Å². The number of hydrogen-bond donors (Lipinski definition) is 0. The Bertz CT molecular complexity index is 759. The molecule has 0 atom stereocenters. The van der Waals surface area contributed by atoms with Crippen LogP contribution in [0.25, 0.3) is 0 Å². The summed E-state index contributed by atoms with van der Waals surface area (Å²) in [6.45, 7) is 5.43. The van der Waals surface area contributed by atoms with Gasteiger partial charge in [0.1, 0.15) is 5.82 Å². The molecule has 1 aromatic carbocycles. The lowest BCUT2D eigenvalue weighted by atomic mass is 10.00. The fraction of sp³-hybridized carbons (Fsp3) is 0.500.